The molecule has 8 aromatic rings. The van der Waals surface area contributed by atoms with Gasteiger partial charge >= 0.3 is 0 Å². The molecule has 3 aliphatic carbocycles. The summed E-state index contributed by atoms with van der Waals surface area (Å²) in [6.45, 7) is 31.7. The molecule has 0 saturated heterocycles. The third-order valence-electron chi connectivity index (χ3n) is 20.6. The molecule has 392 valence electrons. The first kappa shape index (κ1) is 49.5. The number of fused-ring (bicyclic) bond motifs is 11. The van der Waals surface area contributed by atoms with Crippen molar-refractivity contribution in [2.45, 2.75) is 168 Å². The molecule has 2 unspecified atom stereocenters. The lowest BCUT2D eigenvalue weighted by Crippen LogP contribution is -2.62. The first-order valence-corrected chi connectivity index (χ1v) is 29.5. The fraction of sp³-hybridized carbons (Fsp3) is 0.351. The van der Waals surface area contributed by atoms with E-state index in [0.29, 0.717) is 0 Å². The minimum Gasteiger partial charge on any atom is -0.334 e. The molecule has 3 aliphatic heterocycles. The maximum absolute atomic E-state index is 2.82. The van der Waals surface area contributed by atoms with E-state index < -0.39 is 0 Å². The first-order chi connectivity index (χ1) is 37.1. The van der Waals surface area contributed by atoms with Gasteiger partial charge in [0.15, 0.2) is 0 Å². The molecule has 4 heteroatoms. The van der Waals surface area contributed by atoms with Gasteiger partial charge in [0.1, 0.15) is 0 Å². The lowest BCUT2D eigenvalue weighted by molar-refractivity contribution is 0.195. The molecule has 8 aromatic carbocycles. The van der Waals surface area contributed by atoms with E-state index in [1.54, 1.807) is 0 Å². The normalized spacial score (nSPS) is 21.0. The van der Waals surface area contributed by atoms with Crippen LogP contribution in [-0.2, 0) is 33.5 Å². The Hall–Kier alpha value is -6.78. The van der Waals surface area contributed by atoms with Crippen molar-refractivity contribution in [3.63, 3.8) is 0 Å². The predicted octanol–water partition coefficient (Wildman–Crippen LogP) is 18.0. The van der Waals surface area contributed by atoms with Crippen LogP contribution in [0.4, 0.5) is 45.5 Å². The van der Waals surface area contributed by atoms with Crippen molar-refractivity contribution in [1.29, 1.82) is 0 Å². The van der Waals surface area contributed by atoms with E-state index in [4.69, 9.17) is 0 Å². The van der Waals surface area contributed by atoms with E-state index in [9.17, 15) is 0 Å². The molecule has 14 rings (SSSR count). The molecule has 0 radical (unpaired) electrons. The lowest BCUT2D eigenvalue weighted by Gasteiger charge is -2.51. The highest BCUT2D eigenvalue weighted by atomic mass is 15.3. The zero-order valence-electron chi connectivity index (χ0n) is 48.8. The van der Waals surface area contributed by atoms with Gasteiger partial charge in [-0.05, 0) is 194 Å². The number of hydrogen-bond acceptors (Lipinski definition) is 3. The lowest BCUT2D eigenvalue weighted by atomic mass is 9.33. The van der Waals surface area contributed by atoms with Crippen LogP contribution in [0.3, 0.4) is 0 Å². The van der Waals surface area contributed by atoms with Crippen LogP contribution in [0.15, 0.2) is 152 Å². The van der Waals surface area contributed by atoms with Gasteiger partial charge < -0.3 is 14.7 Å². The Bertz CT molecular complexity index is 3830. The summed E-state index contributed by atoms with van der Waals surface area (Å²) in [7, 11) is 0. The van der Waals surface area contributed by atoms with Crippen LogP contribution in [0.5, 0.6) is 0 Å². The summed E-state index contributed by atoms with van der Waals surface area (Å²) in [5.41, 5.74) is 31.0. The number of nitrogens with zero attached hydrogens (tertiary/aromatic N) is 3. The summed E-state index contributed by atoms with van der Waals surface area (Å²) >= 11 is 0. The van der Waals surface area contributed by atoms with Crippen molar-refractivity contribution in [1.82, 2.24) is 0 Å². The molecule has 6 aliphatic rings. The van der Waals surface area contributed by atoms with E-state index in [2.05, 4.69) is 256 Å². The third-order valence-corrected chi connectivity index (χ3v) is 20.6. The molecule has 0 spiro atoms. The average molecular weight is 1020 g/mol. The summed E-state index contributed by atoms with van der Waals surface area (Å²) in [6, 6.07) is 60.6. The van der Waals surface area contributed by atoms with Gasteiger partial charge in [0.25, 0.3) is 6.71 Å². The molecular formula is C74H78BN3. The van der Waals surface area contributed by atoms with Gasteiger partial charge in [0.2, 0.25) is 0 Å². The molecule has 2 atom stereocenters. The van der Waals surface area contributed by atoms with E-state index in [1.807, 2.05) is 0 Å². The second-order valence-electron chi connectivity index (χ2n) is 28.4. The van der Waals surface area contributed by atoms with Gasteiger partial charge in [0.05, 0.1) is 16.9 Å². The smallest absolute Gasteiger partial charge is 0.252 e. The van der Waals surface area contributed by atoms with Gasteiger partial charge in [-0.2, -0.15) is 0 Å². The average Bonchev–Trinajstić information content (AvgIpc) is 3.02. The molecule has 0 bridgehead atoms. The van der Waals surface area contributed by atoms with Crippen molar-refractivity contribution in [3.8, 4) is 22.3 Å². The van der Waals surface area contributed by atoms with Crippen LogP contribution in [-0.4, -0.2) is 12.3 Å². The predicted molar refractivity (Wildman–Crippen MR) is 334 cm³/mol. The highest BCUT2D eigenvalue weighted by Gasteiger charge is 2.58. The highest BCUT2D eigenvalue weighted by Crippen LogP contribution is 2.62. The minimum absolute atomic E-state index is 0.00907. The van der Waals surface area contributed by atoms with Crippen molar-refractivity contribution >= 4 is 68.6 Å². The Balaban J connectivity index is 1.09. The highest BCUT2D eigenvalue weighted by molar-refractivity contribution is 7.00. The summed E-state index contributed by atoms with van der Waals surface area (Å²) in [6.07, 6.45) is 8.11. The van der Waals surface area contributed by atoms with Crippen LogP contribution >= 0.6 is 0 Å². The number of anilines is 8. The van der Waals surface area contributed by atoms with Crippen molar-refractivity contribution < 1.29 is 0 Å². The molecule has 1 fully saturated rings. The van der Waals surface area contributed by atoms with E-state index in [0.717, 1.165) is 25.7 Å². The molecule has 1 saturated carbocycles. The maximum atomic E-state index is 2.82. The van der Waals surface area contributed by atoms with Crippen LogP contribution < -0.4 is 31.1 Å². The fourth-order valence-electron chi connectivity index (χ4n) is 15.8. The summed E-state index contributed by atoms with van der Waals surface area (Å²) in [4.78, 5) is 8.27. The van der Waals surface area contributed by atoms with Gasteiger partial charge in [-0.1, -0.05) is 186 Å². The fourth-order valence-corrected chi connectivity index (χ4v) is 15.8. The van der Waals surface area contributed by atoms with Crippen molar-refractivity contribution in [2.75, 3.05) is 14.7 Å². The number of hydrogen-bond donors (Lipinski definition) is 0. The van der Waals surface area contributed by atoms with Gasteiger partial charge in [-0.15, -0.1) is 0 Å². The summed E-state index contributed by atoms with van der Waals surface area (Å²) < 4.78 is 0. The van der Waals surface area contributed by atoms with E-state index in [-0.39, 0.29) is 39.3 Å². The standard InChI is InChI=1S/C74H78BN3/c1-46-38-65-68-66(39-46)77(62-27-21-25-49-40-48-24-17-18-26-53(48)67(49)62)63-43-52(78-61-33-29-51(70(5,6)7)42-57(61)73(12)34-19-20-35-74(73,78)13)30-31-58(63)75(68)59-44-55-56(72(10,11)37-36-71(55,8)9)45-64(59)76(65)60-32-28-50(69(2,3)4)41-54(60)47-22-15-14-16-23-47/h14-18,21-33,38-39,41-45H,19-20,34-37,40H2,1-13H3. The Morgan fingerprint density at radius 1 is 0.449 bits per heavy atom. The van der Waals surface area contributed by atoms with Crippen LogP contribution in [0.25, 0.3) is 22.3 Å². The van der Waals surface area contributed by atoms with Crippen LogP contribution in [0.1, 0.15) is 166 Å². The quantitative estimate of drug-likeness (QED) is 0.163. The minimum atomic E-state index is -0.0964. The van der Waals surface area contributed by atoms with E-state index >= 15 is 0 Å². The topological polar surface area (TPSA) is 9.72 Å². The molecule has 0 amide bonds. The zero-order valence-corrected chi connectivity index (χ0v) is 48.8. The summed E-state index contributed by atoms with van der Waals surface area (Å²) in [5, 5.41) is 0. The number of rotatable bonds is 4. The van der Waals surface area contributed by atoms with Crippen molar-refractivity contribution in [2.24, 2.45) is 0 Å². The second kappa shape index (κ2) is 16.6. The van der Waals surface area contributed by atoms with E-state index in [1.165, 1.54) is 148 Å². The Morgan fingerprint density at radius 3 is 1.78 bits per heavy atom. The Kier molecular flexibility index (Phi) is 10.6. The second-order valence-corrected chi connectivity index (χ2v) is 28.4. The Labute approximate surface area is 466 Å². The molecule has 78 heavy (non-hydrogen) atoms. The van der Waals surface area contributed by atoms with Gasteiger partial charge in [-0.25, -0.2) is 0 Å². The summed E-state index contributed by atoms with van der Waals surface area (Å²) in [5.74, 6) is 0. The zero-order chi connectivity index (χ0) is 54.2. The molecule has 0 aromatic heterocycles. The molecule has 3 nitrogen and oxygen atoms in total. The van der Waals surface area contributed by atoms with Crippen molar-refractivity contribution in [3.05, 3.63) is 196 Å². The monoisotopic (exact) mass is 1020 g/mol. The first-order valence-electron chi connectivity index (χ1n) is 29.5. The third kappa shape index (κ3) is 7.02. The number of aryl methyl sites for hydroxylation is 1. The SMILES string of the molecule is Cc1cc2c3c(c1)N(c1cccc4c1-c1ccccc1C4)c1cc(N4c5ccc(C(C)(C)C)cc5C5(C)CCCCC45C)ccc1B3c1cc3c(cc1N2c1ccc(C(C)(C)C)cc1-c1ccccc1)C(C)(C)CCC3(C)C. The largest absolute Gasteiger partial charge is 0.334 e. The number of benzene rings is 8. The molecule has 3 heterocycles. The molecular weight excluding hydrogens is 942 g/mol. The van der Waals surface area contributed by atoms with Gasteiger partial charge in [0, 0.05) is 50.7 Å². The van der Waals surface area contributed by atoms with Crippen LogP contribution in [0.2, 0.25) is 0 Å². The Morgan fingerprint density at radius 2 is 1.06 bits per heavy atom. The molecule has 0 N–H and O–H groups in total. The maximum Gasteiger partial charge on any atom is 0.252 e. The van der Waals surface area contributed by atoms with Crippen LogP contribution in [0, 0.1) is 6.92 Å². The van der Waals surface area contributed by atoms with Gasteiger partial charge in [-0.3, -0.25) is 0 Å².